The van der Waals surface area contributed by atoms with E-state index in [9.17, 15) is 0 Å². The molecule has 0 radical (unpaired) electrons. The second-order valence-corrected chi connectivity index (χ2v) is 6.79. The van der Waals surface area contributed by atoms with Gasteiger partial charge >= 0.3 is 0 Å². The number of nitrogens with zero attached hydrogens (tertiary/aromatic N) is 1. The largest absolute Gasteiger partial charge is 0.497 e. The van der Waals surface area contributed by atoms with Gasteiger partial charge in [-0.1, -0.05) is 44.0 Å². The predicted molar refractivity (Wildman–Crippen MR) is 96.1 cm³/mol. The Balaban J connectivity index is 2.14. The van der Waals surface area contributed by atoms with E-state index in [0.29, 0.717) is 0 Å². The van der Waals surface area contributed by atoms with Crippen molar-refractivity contribution in [1.29, 1.82) is 0 Å². The molecule has 1 heterocycles. The number of aromatic amines is 1. The van der Waals surface area contributed by atoms with Crippen LogP contribution in [0.3, 0.4) is 0 Å². The van der Waals surface area contributed by atoms with Gasteiger partial charge in [0.15, 0.2) is 0 Å². The fourth-order valence-corrected chi connectivity index (χ4v) is 3.73. The summed E-state index contributed by atoms with van der Waals surface area (Å²) in [6, 6.07) is 14.2. The zero-order chi connectivity index (χ0) is 15.7. The van der Waals surface area contributed by atoms with Crippen LogP contribution < -0.4 is 4.74 Å². The first-order valence-electron chi connectivity index (χ1n) is 6.74. The van der Waals surface area contributed by atoms with Gasteiger partial charge in [0.2, 0.25) is 0 Å². The monoisotopic (exact) mass is 420 g/mol. The van der Waals surface area contributed by atoms with Crippen molar-refractivity contribution in [2.75, 3.05) is 7.11 Å². The van der Waals surface area contributed by atoms with Crippen LogP contribution in [-0.2, 0) is 0 Å². The number of rotatable bonds is 3. The summed E-state index contributed by atoms with van der Waals surface area (Å²) in [5, 5.41) is 7.58. The maximum atomic E-state index is 5.23. The summed E-state index contributed by atoms with van der Waals surface area (Å²) in [6.07, 6.45) is 0. The van der Waals surface area contributed by atoms with Crippen LogP contribution in [0.15, 0.2) is 51.4 Å². The maximum absolute atomic E-state index is 5.23. The molecule has 0 aliphatic rings. The lowest BCUT2D eigenvalue weighted by molar-refractivity contribution is 0.415. The molecule has 0 aliphatic carbocycles. The van der Waals surface area contributed by atoms with Gasteiger partial charge in [0, 0.05) is 25.8 Å². The van der Waals surface area contributed by atoms with E-state index in [1.54, 1.807) is 7.11 Å². The summed E-state index contributed by atoms with van der Waals surface area (Å²) in [5.41, 5.74) is 5.24. The van der Waals surface area contributed by atoms with E-state index < -0.39 is 0 Å². The van der Waals surface area contributed by atoms with Crippen LogP contribution in [0, 0.1) is 6.92 Å². The van der Waals surface area contributed by atoms with Crippen LogP contribution in [0.25, 0.3) is 22.4 Å². The zero-order valence-electron chi connectivity index (χ0n) is 12.2. The maximum Gasteiger partial charge on any atom is 0.118 e. The van der Waals surface area contributed by atoms with Gasteiger partial charge < -0.3 is 4.74 Å². The van der Waals surface area contributed by atoms with Crippen LogP contribution in [0.2, 0.25) is 0 Å². The van der Waals surface area contributed by atoms with Crippen molar-refractivity contribution in [2.45, 2.75) is 6.92 Å². The topological polar surface area (TPSA) is 37.9 Å². The van der Waals surface area contributed by atoms with E-state index in [1.807, 2.05) is 37.3 Å². The third kappa shape index (κ3) is 2.96. The molecule has 0 saturated heterocycles. The highest BCUT2D eigenvalue weighted by atomic mass is 79.9. The first-order chi connectivity index (χ1) is 10.6. The normalized spacial score (nSPS) is 10.7. The smallest absolute Gasteiger partial charge is 0.118 e. The van der Waals surface area contributed by atoms with Gasteiger partial charge in [-0.15, -0.1) is 0 Å². The molecule has 0 amide bonds. The molecule has 0 fully saturated rings. The van der Waals surface area contributed by atoms with Crippen molar-refractivity contribution in [3.8, 4) is 28.1 Å². The summed E-state index contributed by atoms with van der Waals surface area (Å²) in [7, 11) is 1.67. The molecule has 1 N–H and O–H groups in total. The molecule has 0 aliphatic heterocycles. The van der Waals surface area contributed by atoms with Gasteiger partial charge in [-0.05, 0) is 42.8 Å². The molecular formula is C17H14Br2N2O. The van der Waals surface area contributed by atoms with Crippen molar-refractivity contribution in [1.82, 2.24) is 10.2 Å². The third-order valence-corrected chi connectivity index (χ3v) is 4.38. The van der Waals surface area contributed by atoms with Gasteiger partial charge in [-0.3, -0.25) is 5.10 Å². The Kier molecular flexibility index (Phi) is 4.36. The summed E-state index contributed by atoms with van der Waals surface area (Å²) < 4.78 is 7.25. The lowest BCUT2D eigenvalue weighted by atomic mass is 9.99. The average Bonchev–Trinajstić information content (AvgIpc) is 2.88. The molecule has 0 bridgehead atoms. The molecule has 0 spiro atoms. The zero-order valence-corrected chi connectivity index (χ0v) is 15.3. The number of halogens is 2. The van der Waals surface area contributed by atoms with Crippen LogP contribution in [0.1, 0.15) is 5.69 Å². The Hall–Kier alpha value is -1.59. The lowest BCUT2D eigenvalue weighted by Crippen LogP contribution is -1.86. The van der Waals surface area contributed by atoms with E-state index in [4.69, 9.17) is 4.74 Å². The molecule has 112 valence electrons. The Morgan fingerprint density at radius 1 is 0.955 bits per heavy atom. The number of hydrogen-bond donors (Lipinski definition) is 1. The predicted octanol–water partition coefficient (Wildman–Crippen LogP) is 5.59. The van der Waals surface area contributed by atoms with E-state index >= 15 is 0 Å². The quantitative estimate of drug-likeness (QED) is 0.598. The number of aryl methyl sites for hydroxylation is 1. The number of methoxy groups -OCH3 is 1. The van der Waals surface area contributed by atoms with Gasteiger partial charge in [0.25, 0.3) is 0 Å². The highest BCUT2D eigenvalue weighted by molar-refractivity contribution is 9.11. The van der Waals surface area contributed by atoms with Crippen molar-refractivity contribution in [2.24, 2.45) is 0 Å². The third-order valence-electron chi connectivity index (χ3n) is 3.46. The molecule has 0 atom stereocenters. The fraction of sp³-hybridized carbons (Fsp3) is 0.118. The summed E-state index contributed by atoms with van der Waals surface area (Å²) in [6.45, 7) is 2.03. The Bertz CT molecular complexity index is 790. The van der Waals surface area contributed by atoms with Crippen LogP contribution >= 0.6 is 31.9 Å². The molecule has 2 aromatic carbocycles. The SMILES string of the molecule is COc1ccc(-c2c(-c3cc(Br)cc(Br)c3)n[nH]c2C)cc1. The van der Waals surface area contributed by atoms with Gasteiger partial charge in [0.1, 0.15) is 11.4 Å². The minimum atomic E-state index is 0.844. The minimum Gasteiger partial charge on any atom is -0.497 e. The number of benzene rings is 2. The number of ether oxygens (including phenoxy) is 1. The highest BCUT2D eigenvalue weighted by Gasteiger charge is 2.15. The van der Waals surface area contributed by atoms with Crippen molar-refractivity contribution in [3.05, 3.63) is 57.1 Å². The Labute approximate surface area is 146 Å². The summed E-state index contributed by atoms with van der Waals surface area (Å²) in [4.78, 5) is 0. The summed E-state index contributed by atoms with van der Waals surface area (Å²) in [5.74, 6) is 0.844. The Morgan fingerprint density at radius 3 is 2.18 bits per heavy atom. The van der Waals surface area contributed by atoms with Crippen LogP contribution in [0.4, 0.5) is 0 Å². The van der Waals surface area contributed by atoms with E-state index in [2.05, 4.69) is 54.2 Å². The lowest BCUT2D eigenvalue weighted by Gasteiger charge is -2.07. The molecule has 5 heteroatoms. The standard InChI is InChI=1S/C17H14Br2N2O/c1-10-16(11-3-5-15(22-2)6-4-11)17(21-20-10)12-7-13(18)9-14(19)8-12/h3-9H,1-2H3,(H,20,21). The van der Waals surface area contributed by atoms with E-state index in [1.165, 1.54) is 0 Å². The van der Waals surface area contributed by atoms with Gasteiger partial charge in [-0.2, -0.15) is 5.10 Å². The second-order valence-electron chi connectivity index (χ2n) is 4.96. The Morgan fingerprint density at radius 2 is 1.59 bits per heavy atom. The van der Waals surface area contributed by atoms with Crippen LogP contribution in [0.5, 0.6) is 5.75 Å². The van der Waals surface area contributed by atoms with Gasteiger partial charge in [-0.25, -0.2) is 0 Å². The first-order valence-corrected chi connectivity index (χ1v) is 8.33. The van der Waals surface area contributed by atoms with Crippen molar-refractivity contribution in [3.63, 3.8) is 0 Å². The molecule has 3 nitrogen and oxygen atoms in total. The molecule has 22 heavy (non-hydrogen) atoms. The number of aromatic nitrogens is 2. The van der Waals surface area contributed by atoms with Crippen molar-refractivity contribution < 1.29 is 4.74 Å². The van der Waals surface area contributed by atoms with E-state index in [0.717, 1.165) is 42.8 Å². The van der Waals surface area contributed by atoms with Gasteiger partial charge in [0.05, 0.1) is 7.11 Å². The van der Waals surface area contributed by atoms with Crippen molar-refractivity contribution >= 4 is 31.9 Å². The molecule has 3 rings (SSSR count). The summed E-state index contributed by atoms with van der Waals surface area (Å²) >= 11 is 7.06. The molecule has 0 saturated carbocycles. The molecular weight excluding hydrogens is 408 g/mol. The second kappa shape index (κ2) is 6.26. The molecule has 3 aromatic rings. The van der Waals surface area contributed by atoms with Crippen LogP contribution in [-0.4, -0.2) is 17.3 Å². The fourth-order valence-electron chi connectivity index (χ4n) is 2.44. The highest BCUT2D eigenvalue weighted by Crippen LogP contribution is 2.36. The molecule has 1 aromatic heterocycles. The minimum absolute atomic E-state index is 0.844. The first kappa shape index (κ1) is 15.3. The number of H-pyrrole nitrogens is 1. The molecule has 0 unspecified atom stereocenters. The van der Waals surface area contributed by atoms with E-state index in [-0.39, 0.29) is 0 Å². The number of nitrogens with one attached hydrogen (secondary N) is 1. The number of hydrogen-bond acceptors (Lipinski definition) is 2. The average molecular weight is 422 g/mol.